The highest BCUT2D eigenvalue weighted by molar-refractivity contribution is 7.14. The van der Waals surface area contributed by atoms with Gasteiger partial charge in [-0.05, 0) is 79.7 Å². The second-order valence-corrected chi connectivity index (χ2v) is 11.4. The molecule has 0 spiro atoms. The van der Waals surface area contributed by atoms with Crippen LogP contribution in [0.25, 0.3) is 0 Å². The van der Waals surface area contributed by atoms with Crippen LogP contribution in [0.4, 0.5) is 0 Å². The molecule has 3 rings (SSSR count). The van der Waals surface area contributed by atoms with Gasteiger partial charge < -0.3 is 20.9 Å². The fourth-order valence-corrected chi connectivity index (χ4v) is 5.96. The maximum absolute atomic E-state index is 13.1. The summed E-state index contributed by atoms with van der Waals surface area (Å²) in [6.07, 6.45) is 3.91. The maximum atomic E-state index is 13.1. The van der Waals surface area contributed by atoms with Crippen LogP contribution in [0, 0.1) is 26.2 Å². The van der Waals surface area contributed by atoms with Crippen molar-refractivity contribution >= 4 is 17.1 Å². The topological polar surface area (TPSA) is 84.6 Å². The zero-order chi connectivity index (χ0) is 24.2. The van der Waals surface area contributed by atoms with Gasteiger partial charge in [-0.15, -0.1) is 11.3 Å². The molecule has 6 heteroatoms. The Kier molecular flexibility index (Phi) is 8.73. The van der Waals surface area contributed by atoms with E-state index in [0.29, 0.717) is 31.5 Å². The molecule has 1 aromatic heterocycles. The van der Waals surface area contributed by atoms with Gasteiger partial charge in [0.1, 0.15) is 18.5 Å². The van der Waals surface area contributed by atoms with Crippen molar-refractivity contribution in [1.82, 2.24) is 5.32 Å². The van der Waals surface area contributed by atoms with E-state index < -0.39 is 6.10 Å². The number of ether oxygens (including phenoxy) is 1. The molecule has 1 unspecified atom stereocenters. The number of aliphatic hydroxyl groups is 1. The average molecular weight is 473 g/mol. The monoisotopic (exact) mass is 472 g/mol. The lowest BCUT2D eigenvalue weighted by Crippen LogP contribution is -2.34. The zero-order valence-corrected chi connectivity index (χ0v) is 21.7. The van der Waals surface area contributed by atoms with Crippen LogP contribution in [0.15, 0.2) is 12.1 Å². The lowest BCUT2D eigenvalue weighted by atomic mass is 9.74. The number of hydrogen-bond donors (Lipinski definition) is 3. The molecule has 0 fully saturated rings. The zero-order valence-electron chi connectivity index (χ0n) is 20.8. The number of ketones is 1. The van der Waals surface area contributed by atoms with Crippen molar-refractivity contribution < 1.29 is 14.6 Å². The lowest BCUT2D eigenvalue weighted by molar-refractivity contribution is 0.0985. The van der Waals surface area contributed by atoms with E-state index in [4.69, 9.17) is 10.5 Å². The minimum atomic E-state index is -0.585. The number of nitrogens with two attached hydrogens (primary N) is 1. The average Bonchev–Trinajstić information content (AvgIpc) is 3.06. The minimum absolute atomic E-state index is 0.233. The van der Waals surface area contributed by atoms with Crippen LogP contribution in [0.3, 0.4) is 0 Å². The summed E-state index contributed by atoms with van der Waals surface area (Å²) in [6, 6.07) is 4.21. The summed E-state index contributed by atoms with van der Waals surface area (Å²) in [5.41, 5.74) is 11.7. The van der Waals surface area contributed by atoms with Crippen molar-refractivity contribution in [2.75, 3.05) is 26.2 Å². The Labute approximate surface area is 202 Å². The van der Waals surface area contributed by atoms with Gasteiger partial charge in [-0.2, -0.15) is 0 Å². The minimum Gasteiger partial charge on any atom is -0.490 e. The molecule has 33 heavy (non-hydrogen) atoms. The fraction of sp³-hybridized carbons (Fsp3) is 0.593. The van der Waals surface area contributed by atoms with E-state index in [2.05, 4.69) is 38.2 Å². The van der Waals surface area contributed by atoms with Crippen molar-refractivity contribution in [3.8, 4) is 5.75 Å². The third-order valence-electron chi connectivity index (χ3n) is 6.56. The van der Waals surface area contributed by atoms with Gasteiger partial charge in [0.2, 0.25) is 0 Å². The van der Waals surface area contributed by atoms with Crippen molar-refractivity contribution in [1.29, 1.82) is 0 Å². The molecular weight excluding hydrogens is 432 g/mol. The summed E-state index contributed by atoms with van der Waals surface area (Å²) in [5, 5.41) is 13.2. The SMILES string of the molecule is Cc1cc(CCC(=O)c2sc(C)c3c2CCC(C)(C)C3)cc(C)c1OCC(O)CNCCN. The molecule has 0 bridgehead atoms. The maximum Gasteiger partial charge on any atom is 0.173 e. The van der Waals surface area contributed by atoms with Gasteiger partial charge in [0.05, 0.1) is 4.88 Å². The first-order valence-electron chi connectivity index (χ1n) is 12.1. The Morgan fingerprint density at radius 3 is 2.61 bits per heavy atom. The molecule has 1 aromatic carbocycles. The number of Topliss-reactive ketones (excluding diaryl/α,β-unsaturated/α-hetero) is 1. The molecule has 182 valence electrons. The van der Waals surface area contributed by atoms with Crippen LogP contribution in [0.2, 0.25) is 0 Å². The fourth-order valence-electron chi connectivity index (χ4n) is 4.77. The molecule has 0 radical (unpaired) electrons. The van der Waals surface area contributed by atoms with Crippen molar-refractivity contribution in [2.24, 2.45) is 11.1 Å². The van der Waals surface area contributed by atoms with E-state index in [1.54, 1.807) is 11.3 Å². The predicted octanol–water partition coefficient (Wildman–Crippen LogP) is 4.29. The quantitative estimate of drug-likeness (QED) is 0.336. The normalized spacial score (nSPS) is 15.8. The van der Waals surface area contributed by atoms with Crippen LogP contribution in [-0.2, 0) is 19.3 Å². The summed E-state index contributed by atoms with van der Waals surface area (Å²) in [6.45, 7) is 12.8. The highest BCUT2D eigenvalue weighted by Crippen LogP contribution is 2.41. The molecular formula is C27H40N2O3S. The Hall–Kier alpha value is -1.73. The molecule has 0 saturated carbocycles. The van der Waals surface area contributed by atoms with Crippen molar-refractivity contribution in [3.63, 3.8) is 0 Å². The summed E-state index contributed by atoms with van der Waals surface area (Å²) in [5.74, 6) is 1.08. The largest absolute Gasteiger partial charge is 0.490 e. The lowest BCUT2D eigenvalue weighted by Gasteiger charge is -2.30. The third-order valence-corrected chi connectivity index (χ3v) is 7.79. The van der Waals surface area contributed by atoms with E-state index in [1.165, 1.54) is 16.0 Å². The number of nitrogens with one attached hydrogen (secondary N) is 1. The van der Waals surface area contributed by atoms with Gasteiger partial charge in [0.25, 0.3) is 0 Å². The predicted molar refractivity (Wildman–Crippen MR) is 137 cm³/mol. The third kappa shape index (κ3) is 6.66. The van der Waals surface area contributed by atoms with Gasteiger partial charge in [0, 0.05) is 30.9 Å². The summed E-state index contributed by atoms with van der Waals surface area (Å²) < 4.78 is 5.91. The standard InChI is InChI=1S/C27H40N2O3S/c1-17-12-20(13-18(2)25(17)32-16-21(30)15-29-11-10-28)6-7-24(31)26-22-8-9-27(4,5)14-23(22)19(3)33-26/h12-13,21,29-30H,6-11,14-16,28H2,1-5H3. The molecule has 2 aromatic rings. The smallest absolute Gasteiger partial charge is 0.173 e. The van der Waals surface area contributed by atoms with E-state index >= 15 is 0 Å². The number of aryl methyl sites for hydroxylation is 4. The van der Waals surface area contributed by atoms with E-state index in [0.717, 1.165) is 53.0 Å². The Morgan fingerprint density at radius 1 is 1.24 bits per heavy atom. The molecule has 0 saturated heterocycles. The van der Waals surface area contributed by atoms with E-state index in [-0.39, 0.29) is 12.4 Å². The number of rotatable bonds is 11. The molecule has 1 atom stereocenters. The van der Waals surface area contributed by atoms with Crippen LogP contribution >= 0.6 is 11.3 Å². The Bertz CT molecular complexity index is 957. The van der Waals surface area contributed by atoms with E-state index in [1.807, 2.05) is 13.8 Å². The highest BCUT2D eigenvalue weighted by atomic mass is 32.1. The molecule has 4 N–H and O–H groups in total. The summed E-state index contributed by atoms with van der Waals surface area (Å²) in [4.78, 5) is 15.4. The van der Waals surface area contributed by atoms with Crippen LogP contribution < -0.4 is 15.8 Å². The summed E-state index contributed by atoms with van der Waals surface area (Å²) >= 11 is 1.69. The first kappa shape index (κ1) is 25.9. The molecule has 0 aliphatic heterocycles. The first-order chi connectivity index (χ1) is 15.6. The second kappa shape index (κ2) is 11.1. The van der Waals surface area contributed by atoms with Crippen molar-refractivity contribution in [3.05, 3.63) is 49.7 Å². The number of aliphatic hydroxyl groups excluding tert-OH is 1. The van der Waals surface area contributed by atoms with E-state index in [9.17, 15) is 9.90 Å². The van der Waals surface area contributed by atoms with Gasteiger partial charge >= 0.3 is 0 Å². The van der Waals surface area contributed by atoms with Crippen LogP contribution in [-0.4, -0.2) is 43.2 Å². The molecule has 1 heterocycles. The first-order valence-corrected chi connectivity index (χ1v) is 12.9. The highest BCUT2D eigenvalue weighted by Gasteiger charge is 2.31. The van der Waals surface area contributed by atoms with Crippen LogP contribution in [0.1, 0.15) is 69.1 Å². The number of carbonyl (C=O) groups is 1. The number of fused-ring (bicyclic) bond motifs is 1. The number of thiophene rings is 1. The summed E-state index contributed by atoms with van der Waals surface area (Å²) in [7, 11) is 0. The van der Waals surface area contributed by atoms with Crippen molar-refractivity contribution in [2.45, 2.75) is 72.8 Å². The number of carbonyl (C=O) groups excluding carboxylic acids is 1. The molecule has 0 amide bonds. The molecule has 1 aliphatic rings. The van der Waals surface area contributed by atoms with Gasteiger partial charge in [-0.3, -0.25) is 4.79 Å². The Morgan fingerprint density at radius 2 is 1.94 bits per heavy atom. The molecule has 5 nitrogen and oxygen atoms in total. The van der Waals surface area contributed by atoms with Gasteiger partial charge in [-0.1, -0.05) is 26.0 Å². The van der Waals surface area contributed by atoms with Crippen LogP contribution in [0.5, 0.6) is 5.75 Å². The second-order valence-electron chi connectivity index (χ2n) is 10.2. The Balaban J connectivity index is 1.60. The van der Waals surface area contributed by atoms with Gasteiger partial charge in [0.15, 0.2) is 5.78 Å². The van der Waals surface area contributed by atoms with Gasteiger partial charge in [-0.25, -0.2) is 0 Å². The number of hydrogen-bond acceptors (Lipinski definition) is 6. The molecule has 1 aliphatic carbocycles. The number of benzene rings is 1.